The molecule has 1 aliphatic heterocycles. The fourth-order valence-corrected chi connectivity index (χ4v) is 3.22. The molecule has 1 atom stereocenters. The van der Waals surface area contributed by atoms with Gasteiger partial charge in [0, 0.05) is 4.90 Å². The van der Waals surface area contributed by atoms with E-state index in [4.69, 9.17) is 0 Å². The topological polar surface area (TPSA) is 58.5 Å². The van der Waals surface area contributed by atoms with Gasteiger partial charge >= 0.3 is 0 Å². The van der Waals surface area contributed by atoms with Gasteiger partial charge < -0.3 is 0 Å². The molecule has 22 heavy (non-hydrogen) atoms. The monoisotopic (exact) mass is 310 g/mol. The largest absolute Gasteiger partial charge is 0.273 e. The van der Waals surface area contributed by atoms with Gasteiger partial charge in [-0.3, -0.25) is 9.00 Å². The zero-order chi connectivity index (χ0) is 15.4. The Balaban J connectivity index is 1.83. The summed E-state index contributed by atoms with van der Waals surface area (Å²) in [6.07, 6.45) is 1.77. The molecule has 110 valence electrons. The summed E-state index contributed by atoms with van der Waals surface area (Å²) in [6, 6.07) is 18.7. The van der Waals surface area contributed by atoms with Crippen molar-refractivity contribution in [3.63, 3.8) is 0 Å². The van der Waals surface area contributed by atoms with Crippen LogP contribution in [0.1, 0.15) is 5.56 Å². The van der Waals surface area contributed by atoms with E-state index in [0.717, 1.165) is 10.5 Å². The summed E-state index contributed by atoms with van der Waals surface area (Å²) in [5.41, 5.74) is 4.35. The first kappa shape index (κ1) is 14.4. The highest BCUT2D eigenvalue weighted by Crippen LogP contribution is 2.15. The van der Waals surface area contributed by atoms with Gasteiger partial charge in [0.2, 0.25) is 0 Å². The predicted molar refractivity (Wildman–Crippen MR) is 87.7 cm³/mol. The van der Waals surface area contributed by atoms with Gasteiger partial charge in [0.15, 0.2) is 0 Å². The van der Waals surface area contributed by atoms with Crippen LogP contribution in [-0.2, 0) is 15.6 Å². The minimum Gasteiger partial charge on any atom is -0.267 e. The standard InChI is InChI=1S/C17H14N2O2S/c20-17-15(11-13-7-3-1-4-8-13)16(18-19-17)12-22(21)14-9-5-2-6-10-14/h1-11H,12H2,(H,19,20)/b15-11+. The number of rotatable bonds is 4. The van der Waals surface area contributed by atoms with Gasteiger partial charge in [-0.05, 0) is 23.8 Å². The Kier molecular flexibility index (Phi) is 4.25. The van der Waals surface area contributed by atoms with Crippen LogP contribution in [-0.4, -0.2) is 21.6 Å². The van der Waals surface area contributed by atoms with Crippen molar-refractivity contribution >= 4 is 28.5 Å². The van der Waals surface area contributed by atoms with Crippen molar-refractivity contribution in [2.45, 2.75) is 4.90 Å². The molecule has 0 saturated carbocycles. The van der Waals surface area contributed by atoms with Crippen molar-refractivity contribution in [1.82, 2.24) is 5.43 Å². The normalized spacial score (nSPS) is 17.2. The molecule has 1 unspecified atom stereocenters. The molecular weight excluding hydrogens is 296 g/mol. The summed E-state index contributed by atoms with van der Waals surface area (Å²) >= 11 is 0. The van der Waals surface area contributed by atoms with Gasteiger partial charge in [0.25, 0.3) is 5.91 Å². The smallest absolute Gasteiger partial charge is 0.267 e. The Morgan fingerprint density at radius 2 is 1.64 bits per heavy atom. The van der Waals surface area contributed by atoms with E-state index in [2.05, 4.69) is 10.5 Å². The zero-order valence-electron chi connectivity index (χ0n) is 11.7. The first-order chi connectivity index (χ1) is 10.7. The van der Waals surface area contributed by atoms with E-state index in [-0.39, 0.29) is 11.7 Å². The van der Waals surface area contributed by atoms with Crippen LogP contribution in [0.4, 0.5) is 0 Å². The maximum Gasteiger partial charge on any atom is 0.273 e. The van der Waals surface area contributed by atoms with Crippen molar-refractivity contribution in [2.24, 2.45) is 5.10 Å². The van der Waals surface area contributed by atoms with Crippen LogP contribution in [0.15, 0.2) is 76.2 Å². The lowest BCUT2D eigenvalue weighted by Gasteiger charge is -2.03. The molecule has 4 nitrogen and oxygen atoms in total. The maximum atomic E-state index is 12.4. The first-order valence-corrected chi connectivity index (χ1v) is 8.13. The van der Waals surface area contributed by atoms with Crippen LogP contribution in [0, 0.1) is 0 Å². The summed E-state index contributed by atoms with van der Waals surface area (Å²) in [6.45, 7) is 0. The van der Waals surface area contributed by atoms with E-state index in [0.29, 0.717) is 11.3 Å². The molecule has 0 radical (unpaired) electrons. The molecule has 0 saturated heterocycles. The van der Waals surface area contributed by atoms with Crippen LogP contribution in [0.5, 0.6) is 0 Å². The Bertz CT molecular complexity index is 768. The summed E-state index contributed by atoms with van der Waals surface area (Å²) in [5.74, 6) is -0.0505. The highest BCUT2D eigenvalue weighted by atomic mass is 32.2. The van der Waals surface area contributed by atoms with E-state index in [1.807, 2.05) is 48.5 Å². The molecule has 1 N–H and O–H groups in total. The van der Waals surface area contributed by atoms with Crippen LogP contribution < -0.4 is 5.43 Å². The van der Waals surface area contributed by atoms with Crippen molar-refractivity contribution in [3.8, 4) is 0 Å². The molecule has 2 aromatic carbocycles. The second-order valence-electron chi connectivity index (χ2n) is 4.77. The summed E-state index contributed by atoms with van der Waals surface area (Å²) in [5, 5.41) is 4.02. The van der Waals surface area contributed by atoms with Crippen molar-refractivity contribution < 1.29 is 9.00 Å². The fourth-order valence-electron chi connectivity index (χ4n) is 2.12. The first-order valence-electron chi connectivity index (χ1n) is 6.81. The van der Waals surface area contributed by atoms with Crippen LogP contribution in [0.3, 0.4) is 0 Å². The second-order valence-corrected chi connectivity index (χ2v) is 6.22. The predicted octanol–water partition coefficient (Wildman–Crippen LogP) is 2.36. The summed E-state index contributed by atoms with van der Waals surface area (Å²) < 4.78 is 12.4. The lowest BCUT2D eigenvalue weighted by Crippen LogP contribution is -2.16. The van der Waals surface area contributed by atoms with E-state index in [1.165, 1.54) is 0 Å². The van der Waals surface area contributed by atoms with Gasteiger partial charge in [-0.25, -0.2) is 5.43 Å². The molecular formula is C17H14N2O2S. The van der Waals surface area contributed by atoms with Crippen LogP contribution in [0.2, 0.25) is 0 Å². The minimum atomic E-state index is -1.23. The third-order valence-corrected chi connectivity index (χ3v) is 4.57. The number of carbonyl (C=O) groups excluding carboxylic acids is 1. The molecule has 3 rings (SSSR count). The van der Waals surface area contributed by atoms with E-state index >= 15 is 0 Å². The maximum absolute atomic E-state index is 12.4. The number of benzene rings is 2. The van der Waals surface area contributed by atoms with E-state index < -0.39 is 10.8 Å². The van der Waals surface area contributed by atoms with Crippen molar-refractivity contribution in [1.29, 1.82) is 0 Å². The molecule has 1 amide bonds. The van der Waals surface area contributed by atoms with Gasteiger partial charge in [0.05, 0.1) is 27.8 Å². The van der Waals surface area contributed by atoms with Crippen LogP contribution in [0.25, 0.3) is 6.08 Å². The number of nitrogens with zero attached hydrogens (tertiary/aromatic N) is 1. The second kappa shape index (κ2) is 6.49. The molecule has 0 aliphatic carbocycles. The van der Waals surface area contributed by atoms with Gasteiger partial charge in [0.1, 0.15) is 0 Å². The van der Waals surface area contributed by atoms with Crippen molar-refractivity contribution in [2.75, 3.05) is 5.75 Å². The van der Waals surface area contributed by atoms with E-state index in [1.54, 1.807) is 18.2 Å². The molecule has 5 heteroatoms. The molecule has 0 aromatic heterocycles. The zero-order valence-corrected chi connectivity index (χ0v) is 12.5. The minimum absolute atomic E-state index is 0.210. The lowest BCUT2D eigenvalue weighted by atomic mass is 10.1. The highest BCUT2D eigenvalue weighted by Gasteiger charge is 2.24. The third kappa shape index (κ3) is 3.20. The van der Waals surface area contributed by atoms with Crippen LogP contribution >= 0.6 is 0 Å². The molecule has 0 fully saturated rings. The Labute approximate surface area is 131 Å². The number of hydrazone groups is 1. The number of hydrogen-bond acceptors (Lipinski definition) is 3. The average Bonchev–Trinajstić information content (AvgIpc) is 2.90. The molecule has 0 spiro atoms. The number of hydrogen-bond donors (Lipinski definition) is 1. The summed E-state index contributed by atoms with van der Waals surface area (Å²) in [7, 11) is -1.23. The summed E-state index contributed by atoms with van der Waals surface area (Å²) in [4.78, 5) is 12.6. The van der Waals surface area contributed by atoms with E-state index in [9.17, 15) is 9.00 Å². The lowest BCUT2D eigenvalue weighted by molar-refractivity contribution is -0.116. The van der Waals surface area contributed by atoms with Gasteiger partial charge in [-0.1, -0.05) is 48.5 Å². The number of nitrogens with one attached hydrogen (secondary N) is 1. The Morgan fingerprint density at radius 1 is 1.00 bits per heavy atom. The molecule has 0 bridgehead atoms. The molecule has 1 heterocycles. The molecule has 1 aliphatic rings. The third-order valence-electron chi connectivity index (χ3n) is 3.23. The average molecular weight is 310 g/mol. The Hall–Kier alpha value is -2.53. The van der Waals surface area contributed by atoms with Gasteiger partial charge in [-0.15, -0.1) is 0 Å². The highest BCUT2D eigenvalue weighted by molar-refractivity contribution is 7.85. The molecule has 2 aromatic rings. The van der Waals surface area contributed by atoms with Crippen molar-refractivity contribution in [3.05, 3.63) is 71.8 Å². The quantitative estimate of drug-likeness (QED) is 0.881. The SMILES string of the molecule is O=C1NN=C(CS(=O)c2ccccc2)/C1=C\c1ccccc1. The van der Waals surface area contributed by atoms with Gasteiger partial charge in [-0.2, -0.15) is 5.10 Å². The number of carbonyl (C=O) groups is 1. The Morgan fingerprint density at radius 3 is 2.32 bits per heavy atom. The number of amides is 1. The fraction of sp³-hybridized carbons (Fsp3) is 0.0588.